The average Bonchev–Trinajstić information content (AvgIpc) is 3.16. The second kappa shape index (κ2) is 11.5. The van der Waals surface area contributed by atoms with Crippen molar-refractivity contribution in [1.82, 2.24) is 0 Å². The Kier molecular flexibility index (Phi) is 9.04. The Hall–Kier alpha value is -2.78. The van der Waals surface area contributed by atoms with E-state index in [0.29, 0.717) is 0 Å². The highest BCUT2D eigenvalue weighted by Crippen LogP contribution is 2.46. The third kappa shape index (κ3) is 6.43. The SMILES string of the molecule is CN1C(=CC=C(C=CC2=[N+](C)c3ccccc3C2(C)C)CCCO)C(C)(C)c2ccccc21.[O-][Cl+3]([O-])([O-])[O-]. The van der Waals surface area contributed by atoms with Gasteiger partial charge in [-0.25, -0.2) is 18.6 Å². The van der Waals surface area contributed by atoms with Gasteiger partial charge >= 0.3 is 0 Å². The first-order valence-electron chi connectivity index (χ1n) is 12.6. The highest BCUT2D eigenvalue weighted by molar-refractivity contribution is 6.03. The predicted octanol–water partition coefficient (Wildman–Crippen LogP) is 1.50. The maximum Gasteiger partial charge on any atom is 0.209 e. The number of allylic oxidation sites excluding steroid dienone is 6. The predicted molar refractivity (Wildman–Crippen MR) is 140 cm³/mol. The first-order chi connectivity index (χ1) is 17.7. The summed E-state index contributed by atoms with van der Waals surface area (Å²) in [6.45, 7) is 9.37. The topological polar surface area (TPSA) is 119 Å². The van der Waals surface area contributed by atoms with E-state index in [1.807, 2.05) is 0 Å². The van der Waals surface area contributed by atoms with Crippen LogP contribution >= 0.6 is 0 Å². The fourth-order valence-electron chi connectivity index (χ4n) is 5.48. The van der Waals surface area contributed by atoms with Crippen LogP contribution in [0, 0.1) is 10.2 Å². The molecule has 2 aliphatic rings. The Morgan fingerprint density at radius 1 is 0.947 bits per heavy atom. The molecule has 1 N–H and O–H groups in total. The van der Waals surface area contributed by atoms with E-state index < -0.39 is 10.2 Å². The van der Waals surface area contributed by atoms with Gasteiger partial charge in [0.25, 0.3) is 0 Å². The molecule has 38 heavy (non-hydrogen) atoms. The molecular formula is C30H37ClN2O5. The first kappa shape index (κ1) is 29.8. The molecule has 0 saturated heterocycles. The molecule has 7 nitrogen and oxygen atoms in total. The van der Waals surface area contributed by atoms with Crippen molar-refractivity contribution in [1.29, 1.82) is 0 Å². The van der Waals surface area contributed by atoms with E-state index in [-0.39, 0.29) is 17.4 Å². The summed E-state index contributed by atoms with van der Waals surface area (Å²) < 4.78 is 36.3. The molecule has 2 aromatic carbocycles. The monoisotopic (exact) mass is 540 g/mol. The number of benzene rings is 2. The van der Waals surface area contributed by atoms with Crippen molar-refractivity contribution < 1.29 is 38.6 Å². The van der Waals surface area contributed by atoms with E-state index in [4.69, 9.17) is 18.6 Å². The second-order valence-electron chi connectivity index (χ2n) is 10.6. The van der Waals surface area contributed by atoms with E-state index >= 15 is 0 Å². The van der Waals surface area contributed by atoms with Gasteiger partial charge in [0.15, 0.2) is 5.71 Å². The van der Waals surface area contributed by atoms with Crippen LogP contribution in [0.15, 0.2) is 84.1 Å². The van der Waals surface area contributed by atoms with Crippen molar-refractivity contribution in [3.8, 4) is 0 Å². The number of nitrogens with zero attached hydrogens (tertiary/aromatic N) is 2. The van der Waals surface area contributed by atoms with Crippen LogP contribution in [-0.4, -0.2) is 36.1 Å². The number of halogens is 1. The molecule has 0 aromatic heterocycles. The summed E-state index contributed by atoms with van der Waals surface area (Å²) in [6.07, 6.45) is 10.6. The van der Waals surface area contributed by atoms with Crippen LogP contribution < -0.4 is 23.5 Å². The van der Waals surface area contributed by atoms with Crippen molar-refractivity contribution in [2.24, 2.45) is 0 Å². The van der Waals surface area contributed by atoms with Crippen LogP contribution in [0.1, 0.15) is 51.7 Å². The van der Waals surface area contributed by atoms with Crippen molar-refractivity contribution in [3.05, 3.63) is 95.2 Å². The van der Waals surface area contributed by atoms with Gasteiger partial charge in [0.05, 0.1) is 5.41 Å². The zero-order chi connectivity index (χ0) is 28.3. The summed E-state index contributed by atoms with van der Waals surface area (Å²) in [6, 6.07) is 17.3. The Labute approximate surface area is 227 Å². The van der Waals surface area contributed by atoms with Crippen LogP contribution in [0.5, 0.6) is 0 Å². The zero-order valence-electron chi connectivity index (χ0n) is 22.9. The maximum atomic E-state index is 9.47. The summed E-state index contributed by atoms with van der Waals surface area (Å²) in [5.41, 5.74) is 8.99. The summed E-state index contributed by atoms with van der Waals surface area (Å²) in [7, 11) is -0.640. The standard InChI is InChI=1S/C30H37N2O.ClHO4/c1-29(2)23-13-7-9-15-25(23)31(5)27(29)19-17-22(12-11-21-33)18-20-28-30(3,4)24-14-8-10-16-26(24)32(28)6;2-1(3,4)5/h7-10,13-20,33H,11-12,21H2,1-6H3;(H,2,3,4,5)/q+1;/p-1. The smallest absolute Gasteiger partial charge is 0.209 e. The fourth-order valence-corrected chi connectivity index (χ4v) is 5.48. The molecule has 0 fully saturated rings. The van der Waals surface area contributed by atoms with Gasteiger partial charge in [-0.2, -0.15) is 4.58 Å². The number of aliphatic hydroxyl groups excluding tert-OH is 1. The molecule has 0 bridgehead atoms. The molecule has 8 heteroatoms. The molecule has 0 atom stereocenters. The Morgan fingerprint density at radius 2 is 1.53 bits per heavy atom. The van der Waals surface area contributed by atoms with Gasteiger partial charge < -0.3 is 10.0 Å². The van der Waals surface area contributed by atoms with Gasteiger partial charge in [-0.3, -0.25) is 0 Å². The maximum absolute atomic E-state index is 9.47. The lowest BCUT2D eigenvalue weighted by molar-refractivity contribution is -2.00. The number of anilines is 1. The lowest BCUT2D eigenvalue weighted by atomic mass is 9.81. The van der Waals surface area contributed by atoms with E-state index in [9.17, 15) is 5.11 Å². The molecule has 2 heterocycles. The number of para-hydroxylation sites is 2. The van der Waals surface area contributed by atoms with Crippen LogP contribution in [0.4, 0.5) is 11.4 Å². The van der Waals surface area contributed by atoms with Crippen LogP contribution in [-0.2, 0) is 10.8 Å². The molecule has 2 aliphatic heterocycles. The van der Waals surface area contributed by atoms with Crippen LogP contribution in [0.25, 0.3) is 0 Å². The third-order valence-electron chi connectivity index (χ3n) is 7.42. The van der Waals surface area contributed by atoms with Gasteiger partial charge in [-0.1, -0.05) is 62.4 Å². The summed E-state index contributed by atoms with van der Waals surface area (Å²) >= 11 is 0. The van der Waals surface area contributed by atoms with Gasteiger partial charge in [0.2, 0.25) is 5.69 Å². The van der Waals surface area contributed by atoms with Crippen LogP contribution in [0.2, 0.25) is 0 Å². The summed E-state index contributed by atoms with van der Waals surface area (Å²) in [5.74, 6) is 0. The molecule has 0 amide bonds. The quantitative estimate of drug-likeness (QED) is 0.438. The minimum atomic E-state index is -4.94. The number of aliphatic hydroxyl groups is 1. The zero-order valence-corrected chi connectivity index (χ0v) is 23.7. The third-order valence-corrected chi connectivity index (χ3v) is 7.42. The van der Waals surface area contributed by atoms with E-state index in [2.05, 4.69) is 124 Å². The van der Waals surface area contributed by atoms with Crippen molar-refractivity contribution in [3.63, 3.8) is 0 Å². The number of hydrogen-bond donors (Lipinski definition) is 1. The minimum absolute atomic E-state index is 0.0439. The second-order valence-corrected chi connectivity index (χ2v) is 11.4. The van der Waals surface area contributed by atoms with Crippen molar-refractivity contribution in [2.75, 3.05) is 25.6 Å². The Morgan fingerprint density at radius 3 is 2.11 bits per heavy atom. The summed E-state index contributed by atoms with van der Waals surface area (Å²) in [5, 5.41) is 9.47. The molecule has 0 aliphatic carbocycles. The lowest BCUT2D eigenvalue weighted by Gasteiger charge is -2.23. The van der Waals surface area contributed by atoms with Gasteiger partial charge in [-0.15, -0.1) is 10.2 Å². The molecule has 0 unspecified atom stereocenters. The highest BCUT2D eigenvalue weighted by Gasteiger charge is 2.42. The number of fused-ring (bicyclic) bond motifs is 2. The first-order valence-corrected chi connectivity index (χ1v) is 13.8. The van der Waals surface area contributed by atoms with Crippen molar-refractivity contribution >= 4 is 17.1 Å². The lowest BCUT2D eigenvalue weighted by Crippen LogP contribution is -2.68. The fraction of sp³-hybridized carbons (Fsp3) is 0.367. The van der Waals surface area contributed by atoms with E-state index in [0.717, 1.165) is 12.8 Å². The van der Waals surface area contributed by atoms with Crippen LogP contribution in [0.3, 0.4) is 0 Å². The van der Waals surface area contributed by atoms with Gasteiger partial charge in [0.1, 0.15) is 7.05 Å². The average molecular weight is 541 g/mol. The highest BCUT2D eigenvalue weighted by atomic mass is 35.7. The normalized spacial score (nSPS) is 19.1. The van der Waals surface area contributed by atoms with E-state index in [1.165, 1.54) is 39.5 Å². The van der Waals surface area contributed by atoms with Gasteiger partial charge in [0, 0.05) is 48.2 Å². The molecule has 0 saturated carbocycles. The summed E-state index contributed by atoms with van der Waals surface area (Å²) in [4.78, 5) is 2.30. The van der Waals surface area contributed by atoms with Crippen molar-refractivity contribution in [2.45, 2.75) is 51.4 Å². The number of likely N-dealkylation sites (N-methyl/N-ethyl adjacent to an activating group) is 1. The molecule has 204 valence electrons. The molecule has 4 rings (SSSR count). The number of rotatable bonds is 6. The Bertz CT molecular complexity index is 1280. The molecular weight excluding hydrogens is 504 g/mol. The molecule has 0 spiro atoms. The van der Waals surface area contributed by atoms with E-state index in [1.54, 1.807) is 0 Å². The Balaban J connectivity index is 0.000000732. The number of hydrogen-bond acceptors (Lipinski definition) is 6. The molecule has 0 radical (unpaired) electrons. The minimum Gasteiger partial charge on any atom is -0.396 e. The molecule has 2 aromatic rings. The largest absolute Gasteiger partial charge is 0.396 e. The van der Waals surface area contributed by atoms with Gasteiger partial charge in [-0.05, 0) is 50.0 Å².